The summed E-state index contributed by atoms with van der Waals surface area (Å²) in [6, 6.07) is 3.90. The Hall–Kier alpha value is -0.930. The normalized spacial score (nSPS) is 14.8. The van der Waals surface area contributed by atoms with Crippen molar-refractivity contribution in [1.29, 1.82) is 0 Å². The van der Waals surface area contributed by atoms with E-state index in [0.717, 1.165) is 23.4 Å². The van der Waals surface area contributed by atoms with Gasteiger partial charge in [-0.15, -0.1) is 0 Å². The number of pyridine rings is 1. The molecule has 0 bridgehead atoms. The summed E-state index contributed by atoms with van der Waals surface area (Å²) in [6.07, 6.45) is 0.397. The van der Waals surface area contributed by atoms with Crippen LogP contribution in [0.4, 0.5) is 0 Å². The second kappa shape index (κ2) is 5.97. The van der Waals surface area contributed by atoms with Gasteiger partial charge in [0.2, 0.25) is 0 Å². The predicted octanol–water partition coefficient (Wildman–Crippen LogP) is 2.40. The van der Waals surface area contributed by atoms with Gasteiger partial charge in [0.1, 0.15) is 0 Å². The molecule has 1 aromatic rings. The quantitative estimate of drug-likeness (QED) is 0.833. The van der Waals surface area contributed by atoms with Crippen molar-refractivity contribution in [2.24, 2.45) is 5.92 Å². The second-order valence-electron chi connectivity index (χ2n) is 4.33. The van der Waals surface area contributed by atoms with Crippen molar-refractivity contribution in [3.05, 3.63) is 29.1 Å². The highest BCUT2D eigenvalue weighted by molar-refractivity contribution is 5.24. The fraction of sp³-hybridized carbons (Fsp3) is 0.615. The second-order valence-corrected chi connectivity index (χ2v) is 4.33. The van der Waals surface area contributed by atoms with Gasteiger partial charge in [-0.05, 0) is 32.3 Å². The number of methoxy groups -OCH3 is 1. The zero-order chi connectivity index (χ0) is 12.1. The summed E-state index contributed by atoms with van der Waals surface area (Å²) in [5.41, 5.74) is 2.82. The van der Waals surface area contributed by atoms with Crippen LogP contribution in [-0.2, 0) is 4.74 Å². The van der Waals surface area contributed by atoms with Crippen molar-refractivity contribution in [3.63, 3.8) is 0 Å². The molecule has 0 fully saturated rings. The third-order valence-electron chi connectivity index (χ3n) is 2.90. The molecule has 3 nitrogen and oxygen atoms in total. The summed E-state index contributed by atoms with van der Waals surface area (Å²) in [5.74, 6) is 0.183. The van der Waals surface area contributed by atoms with Gasteiger partial charge >= 0.3 is 0 Å². The predicted molar refractivity (Wildman–Crippen MR) is 64.3 cm³/mol. The molecule has 2 unspecified atom stereocenters. The standard InChI is InChI=1S/C13H21NO2/c1-9(7-8-16-4)13(15)12-6-5-10(2)14-11(12)3/h5-6,9,13,15H,7-8H2,1-4H3. The lowest BCUT2D eigenvalue weighted by molar-refractivity contribution is 0.0878. The minimum absolute atomic E-state index is 0.183. The number of aryl methyl sites for hydroxylation is 2. The Kier molecular flexibility index (Phi) is 4.90. The Labute approximate surface area is 97.5 Å². The van der Waals surface area contributed by atoms with Gasteiger partial charge in [-0.3, -0.25) is 4.98 Å². The number of nitrogens with zero attached hydrogens (tertiary/aromatic N) is 1. The van der Waals surface area contributed by atoms with Crippen LogP contribution in [0.3, 0.4) is 0 Å². The molecule has 1 rings (SSSR count). The summed E-state index contributed by atoms with van der Waals surface area (Å²) in [7, 11) is 1.68. The van der Waals surface area contributed by atoms with Gasteiger partial charge in [-0.2, -0.15) is 0 Å². The van der Waals surface area contributed by atoms with E-state index in [0.29, 0.717) is 6.61 Å². The molecule has 0 aliphatic rings. The molecule has 90 valence electrons. The molecular weight excluding hydrogens is 202 g/mol. The van der Waals surface area contributed by atoms with Gasteiger partial charge < -0.3 is 9.84 Å². The van der Waals surface area contributed by atoms with E-state index in [1.807, 2.05) is 32.9 Å². The molecule has 0 aliphatic heterocycles. The lowest BCUT2D eigenvalue weighted by Crippen LogP contribution is -2.13. The molecule has 1 N–H and O–H groups in total. The van der Waals surface area contributed by atoms with Crippen molar-refractivity contribution < 1.29 is 9.84 Å². The summed E-state index contributed by atoms with van der Waals surface area (Å²) in [6.45, 7) is 6.60. The smallest absolute Gasteiger partial charge is 0.0833 e. The number of ether oxygens (including phenoxy) is 1. The third-order valence-corrected chi connectivity index (χ3v) is 2.90. The fourth-order valence-corrected chi connectivity index (χ4v) is 1.78. The summed E-state index contributed by atoms with van der Waals surface area (Å²) < 4.78 is 5.02. The maximum Gasteiger partial charge on any atom is 0.0833 e. The molecule has 3 heteroatoms. The number of hydrogen-bond donors (Lipinski definition) is 1. The molecule has 2 atom stereocenters. The van der Waals surface area contributed by atoms with Crippen LogP contribution >= 0.6 is 0 Å². The zero-order valence-electron chi connectivity index (χ0n) is 10.5. The van der Waals surface area contributed by atoms with Gasteiger partial charge in [0, 0.05) is 30.7 Å². The van der Waals surface area contributed by atoms with Crippen LogP contribution in [0.25, 0.3) is 0 Å². The first kappa shape index (κ1) is 13.1. The average Bonchev–Trinajstić information content (AvgIpc) is 2.25. The number of rotatable bonds is 5. The van der Waals surface area contributed by atoms with Crippen LogP contribution in [0.5, 0.6) is 0 Å². The van der Waals surface area contributed by atoms with Crippen molar-refractivity contribution in [2.75, 3.05) is 13.7 Å². The maximum atomic E-state index is 10.2. The average molecular weight is 223 g/mol. The molecule has 0 spiro atoms. The lowest BCUT2D eigenvalue weighted by Gasteiger charge is -2.20. The molecule has 0 saturated carbocycles. The van der Waals surface area contributed by atoms with Gasteiger partial charge in [0.25, 0.3) is 0 Å². The topological polar surface area (TPSA) is 42.4 Å². The van der Waals surface area contributed by atoms with Crippen LogP contribution in [0, 0.1) is 19.8 Å². The Bertz CT molecular complexity index is 339. The van der Waals surface area contributed by atoms with E-state index in [1.54, 1.807) is 7.11 Å². The van der Waals surface area contributed by atoms with E-state index < -0.39 is 6.10 Å². The van der Waals surface area contributed by atoms with Gasteiger partial charge in [0.15, 0.2) is 0 Å². The van der Waals surface area contributed by atoms with E-state index in [-0.39, 0.29) is 5.92 Å². The first-order chi connectivity index (χ1) is 7.56. The molecule has 0 amide bonds. The summed E-state index contributed by atoms with van der Waals surface area (Å²) in [4.78, 5) is 4.37. The minimum Gasteiger partial charge on any atom is -0.388 e. The van der Waals surface area contributed by atoms with E-state index in [4.69, 9.17) is 4.74 Å². The molecular formula is C13H21NO2. The van der Waals surface area contributed by atoms with Crippen LogP contribution in [0.1, 0.15) is 36.4 Å². The van der Waals surface area contributed by atoms with Crippen LogP contribution in [0.15, 0.2) is 12.1 Å². The molecule has 16 heavy (non-hydrogen) atoms. The van der Waals surface area contributed by atoms with Crippen molar-refractivity contribution >= 4 is 0 Å². The summed E-state index contributed by atoms with van der Waals surface area (Å²) in [5, 5.41) is 10.2. The number of aromatic nitrogens is 1. The molecule has 0 radical (unpaired) electrons. The maximum absolute atomic E-state index is 10.2. The lowest BCUT2D eigenvalue weighted by atomic mass is 9.94. The van der Waals surface area contributed by atoms with Gasteiger partial charge in [-0.1, -0.05) is 13.0 Å². The first-order valence-electron chi connectivity index (χ1n) is 5.67. The van der Waals surface area contributed by atoms with Crippen molar-refractivity contribution in [2.45, 2.75) is 33.3 Å². The monoisotopic (exact) mass is 223 g/mol. The van der Waals surface area contributed by atoms with Crippen molar-refractivity contribution in [1.82, 2.24) is 4.98 Å². The number of aliphatic hydroxyl groups is 1. The molecule has 1 heterocycles. The Balaban J connectivity index is 2.75. The Morgan fingerprint density at radius 3 is 2.62 bits per heavy atom. The Morgan fingerprint density at radius 1 is 1.38 bits per heavy atom. The summed E-state index contributed by atoms with van der Waals surface area (Å²) >= 11 is 0. The molecule has 1 aromatic heterocycles. The minimum atomic E-state index is -0.455. The fourth-order valence-electron chi connectivity index (χ4n) is 1.78. The SMILES string of the molecule is COCCC(C)C(O)c1ccc(C)nc1C. The number of aliphatic hydroxyl groups excluding tert-OH is 1. The molecule has 0 saturated heterocycles. The molecule has 0 aliphatic carbocycles. The highest BCUT2D eigenvalue weighted by Crippen LogP contribution is 2.26. The van der Waals surface area contributed by atoms with E-state index in [2.05, 4.69) is 4.98 Å². The largest absolute Gasteiger partial charge is 0.388 e. The highest BCUT2D eigenvalue weighted by Gasteiger charge is 2.18. The van der Waals surface area contributed by atoms with Gasteiger partial charge in [-0.25, -0.2) is 0 Å². The van der Waals surface area contributed by atoms with Crippen molar-refractivity contribution in [3.8, 4) is 0 Å². The van der Waals surface area contributed by atoms with E-state index in [9.17, 15) is 5.11 Å². The third kappa shape index (κ3) is 3.29. The van der Waals surface area contributed by atoms with E-state index in [1.165, 1.54) is 0 Å². The molecule has 0 aromatic carbocycles. The number of hydrogen-bond acceptors (Lipinski definition) is 3. The first-order valence-corrected chi connectivity index (χ1v) is 5.67. The van der Waals surface area contributed by atoms with Crippen LogP contribution in [-0.4, -0.2) is 23.8 Å². The zero-order valence-corrected chi connectivity index (χ0v) is 10.5. The van der Waals surface area contributed by atoms with Crippen LogP contribution in [0.2, 0.25) is 0 Å². The highest BCUT2D eigenvalue weighted by atomic mass is 16.5. The van der Waals surface area contributed by atoms with Gasteiger partial charge in [0.05, 0.1) is 6.10 Å². The Morgan fingerprint density at radius 2 is 2.06 bits per heavy atom. The van der Waals surface area contributed by atoms with E-state index >= 15 is 0 Å². The van der Waals surface area contributed by atoms with Crippen LogP contribution < -0.4 is 0 Å².